The van der Waals surface area contributed by atoms with Crippen molar-refractivity contribution in [2.45, 2.75) is 25.2 Å². The van der Waals surface area contributed by atoms with Gasteiger partial charge >= 0.3 is 0 Å². The molecule has 1 heterocycles. The van der Waals surface area contributed by atoms with Gasteiger partial charge in [0.2, 0.25) is 5.88 Å². The zero-order chi connectivity index (χ0) is 13.0. The summed E-state index contributed by atoms with van der Waals surface area (Å²) in [6.45, 7) is 0. The molecule has 0 saturated heterocycles. The molecule has 2 aliphatic carbocycles. The van der Waals surface area contributed by atoms with Crippen LogP contribution < -0.4 is 5.73 Å². The number of nitrogen functional groups attached to an aromatic ring is 1. The highest BCUT2D eigenvalue weighted by atomic mass is 19.1. The number of halogens is 1. The molecule has 3 nitrogen and oxygen atoms in total. The van der Waals surface area contributed by atoms with Crippen LogP contribution in [0.1, 0.15) is 30.9 Å². The van der Waals surface area contributed by atoms with Crippen LogP contribution in [-0.2, 0) is 0 Å². The molecular weight excluding hydrogens is 243 g/mol. The number of benzene rings is 1. The summed E-state index contributed by atoms with van der Waals surface area (Å²) in [5.41, 5.74) is 7.86. The average molecular weight is 258 g/mol. The molecule has 0 amide bonds. The van der Waals surface area contributed by atoms with Gasteiger partial charge in [-0.2, -0.15) is 0 Å². The van der Waals surface area contributed by atoms with Crippen molar-refractivity contribution in [3.8, 4) is 11.1 Å². The molecule has 2 N–H and O–H groups in total. The Labute approximate surface area is 110 Å². The third-order valence-electron chi connectivity index (χ3n) is 4.52. The van der Waals surface area contributed by atoms with Crippen molar-refractivity contribution in [1.82, 2.24) is 5.16 Å². The molecule has 2 aromatic rings. The number of hydrogen-bond acceptors (Lipinski definition) is 3. The quantitative estimate of drug-likeness (QED) is 0.895. The van der Waals surface area contributed by atoms with Gasteiger partial charge in [0, 0.05) is 11.5 Å². The second-order valence-electron chi connectivity index (χ2n) is 5.71. The molecule has 98 valence electrons. The number of fused-ring (bicyclic) bond motifs is 1. The summed E-state index contributed by atoms with van der Waals surface area (Å²) >= 11 is 0. The minimum absolute atomic E-state index is 0.223. The van der Waals surface area contributed by atoms with E-state index in [0.717, 1.165) is 30.4 Å². The van der Waals surface area contributed by atoms with E-state index in [9.17, 15) is 4.39 Å². The van der Waals surface area contributed by atoms with Gasteiger partial charge in [0.1, 0.15) is 5.82 Å². The van der Waals surface area contributed by atoms with E-state index in [1.54, 1.807) is 18.2 Å². The van der Waals surface area contributed by atoms with Gasteiger partial charge in [-0.05, 0) is 37.2 Å². The maximum atomic E-state index is 14.0. The number of rotatable bonds is 2. The first-order valence-electron chi connectivity index (χ1n) is 6.74. The van der Waals surface area contributed by atoms with Crippen LogP contribution in [-0.4, -0.2) is 5.16 Å². The molecule has 4 heteroatoms. The maximum absolute atomic E-state index is 14.0. The molecule has 0 spiro atoms. The second kappa shape index (κ2) is 3.83. The predicted molar refractivity (Wildman–Crippen MR) is 69.9 cm³/mol. The molecule has 0 aliphatic heterocycles. The van der Waals surface area contributed by atoms with E-state index >= 15 is 0 Å². The first-order valence-corrected chi connectivity index (χ1v) is 6.74. The Morgan fingerprint density at radius 3 is 2.63 bits per heavy atom. The summed E-state index contributed by atoms with van der Waals surface area (Å²) in [7, 11) is 0. The van der Waals surface area contributed by atoms with Crippen LogP contribution in [0.3, 0.4) is 0 Å². The molecule has 2 unspecified atom stereocenters. The Bertz CT molecular complexity index is 627. The first kappa shape index (κ1) is 11.0. The summed E-state index contributed by atoms with van der Waals surface area (Å²) < 4.78 is 19.1. The van der Waals surface area contributed by atoms with Crippen molar-refractivity contribution >= 4 is 5.88 Å². The summed E-state index contributed by atoms with van der Waals surface area (Å²) in [5, 5.41) is 4.10. The van der Waals surface area contributed by atoms with Crippen LogP contribution in [0, 0.1) is 17.7 Å². The standard InChI is InChI=1S/C15H15FN2O/c16-12-4-2-1-3-11(12)13-14(18-19-15(13)17)10-6-8-5-9(8)7-10/h1-4,8-10H,5-7,17H2. The fourth-order valence-corrected chi connectivity index (χ4v) is 3.47. The monoisotopic (exact) mass is 258 g/mol. The lowest BCUT2D eigenvalue weighted by molar-refractivity contribution is 0.416. The van der Waals surface area contributed by atoms with Crippen LogP contribution in [0.15, 0.2) is 28.8 Å². The van der Waals surface area contributed by atoms with E-state index in [1.807, 2.05) is 0 Å². The van der Waals surface area contributed by atoms with Crippen molar-refractivity contribution in [2.24, 2.45) is 11.8 Å². The predicted octanol–water partition coefficient (Wildman–Crippen LogP) is 3.58. The molecular formula is C15H15FN2O. The molecule has 2 saturated carbocycles. The van der Waals surface area contributed by atoms with E-state index in [2.05, 4.69) is 5.16 Å². The lowest BCUT2D eigenvalue weighted by Crippen LogP contribution is -2.00. The Morgan fingerprint density at radius 1 is 1.16 bits per heavy atom. The third-order valence-corrected chi connectivity index (χ3v) is 4.52. The van der Waals surface area contributed by atoms with Crippen LogP contribution >= 0.6 is 0 Å². The third kappa shape index (κ3) is 1.66. The summed E-state index contributed by atoms with van der Waals surface area (Å²) in [6.07, 6.45) is 3.62. The van der Waals surface area contributed by atoms with Gasteiger partial charge in [-0.3, -0.25) is 0 Å². The molecule has 1 aromatic carbocycles. The van der Waals surface area contributed by atoms with Gasteiger partial charge in [0.05, 0.1) is 11.3 Å². The second-order valence-corrected chi connectivity index (χ2v) is 5.71. The summed E-state index contributed by atoms with van der Waals surface area (Å²) in [6, 6.07) is 6.66. The molecule has 2 atom stereocenters. The van der Waals surface area contributed by atoms with E-state index in [-0.39, 0.29) is 11.7 Å². The normalized spacial score (nSPS) is 28.4. The molecule has 4 rings (SSSR count). The van der Waals surface area contributed by atoms with Gasteiger partial charge in [0.25, 0.3) is 0 Å². The van der Waals surface area contributed by atoms with Crippen LogP contribution in [0.4, 0.5) is 10.3 Å². The minimum Gasteiger partial charge on any atom is -0.367 e. The van der Waals surface area contributed by atoms with Crippen LogP contribution in [0.25, 0.3) is 11.1 Å². The fraction of sp³-hybridized carbons (Fsp3) is 0.400. The van der Waals surface area contributed by atoms with Crippen molar-refractivity contribution in [3.05, 3.63) is 35.8 Å². The van der Waals surface area contributed by atoms with Gasteiger partial charge in [-0.15, -0.1) is 0 Å². The molecule has 2 aliphatic rings. The van der Waals surface area contributed by atoms with Crippen LogP contribution in [0.2, 0.25) is 0 Å². The maximum Gasteiger partial charge on any atom is 0.230 e. The van der Waals surface area contributed by atoms with E-state index in [1.165, 1.54) is 12.5 Å². The highest BCUT2D eigenvalue weighted by Crippen LogP contribution is 2.58. The van der Waals surface area contributed by atoms with Crippen molar-refractivity contribution in [2.75, 3.05) is 5.73 Å². The Hall–Kier alpha value is -1.84. The number of nitrogens with zero attached hydrogens (tertiary/aromatic N) is 1. The van der Waals surface area contributed by atoms with E-state index < -0.39 is 0 Å². The molecule has 19 heavy (non-hydrogen) atoms. The SMILES string of the molecule is Nc1onc(C2CC3CC3C2)c1-c1ccccc1F. The van der Waals surface area contributed by atoms with Gasteiger partial charge < -0.3 is 10.3 Å². The number of anilines is 1. The average Bonchev–Trinajstić information content (AvgIpc) is 2.84. The summed E-state index contributed by atoms with van der Waals surface area (Å²) in [4.78, 5) is 0. The highest BCUT2D eigenvalue weighted by Gasteiger charge is 2.47. The number of aromatic nitrogens is 1. The number of hydrogen-bond donors (Lipinski definition) is 1. The first-order chi connectivity index (χ1) is 9.24. The van der Waals surface area contributed by atoms with Crippen molar-refractivity contribution in [1.29, 1.82) is 0 Å². The molecule has 1 aromatic heterocycles. The minimum atomic E-state index is -0.276. The fourth-order valence-electron chi connectivity index (χ4n) is 3.47. The molecule has 2 fully saturated rings. The van der Waals surface area contributed by atoms with Crippen molar-refractivity contribution in [3.63, 3.8) is 0 Å². The molecule has 0 radical (unpaired) electrons. The van der Waals surface area contributed by atoms with E-state index in [0.29, 0.717) is 17.0 Å². The highest BCUT2D eigenvalue weighted by molar-refractivity contribution is 5.76. The van der Waals surface area contributed by atoms with Gasteiger partial charge in [-0.25, -0.2) is 4.39 Å². The molecule has 0 bridgehead atoms. The lowest BCUT2D eigenvalue weighted by atomic mass is 9.93. The zero-order valence-electron chi connectivity index (χ0n) is 10.5. The Balaban J connectivity index is 1.79. The number of nitrogens with two attached hydrogens (primary N) is 1. The zero-order valence-corrected chi connectivity index (χ0v) is 10.5. The smallest absolute Gasteiger partial charge is 0.230 e. The van der Waals surface area contributed by atoms with Crippen molar-refractivity contribution < 1.29 is 8.91 Å². The summed E-state index contributed by atoms with van der Waals surface area (Å²) in [5.74, 6) is 2.01. The van der Waals surface area contributed by atoms with E-state index in [4.69, 9.17) is 10.3 Å². The van der Waals surface area contributed by atoms with Gasteiger partial charge in [0.15, 0.2) is 0 Å². The van der Waals surface area contributed by atoms with Gasteiger partial charge in [-0.1, -0.05) is 23.4 Å². The Morgan fingerprint density at radius 2 is 1.89 bits per heavy atom. The lowest BCUT2D eigenvalue weighted by Gasteiger charge is -2.11. The largest absolute Gasteiger partial charge is 0.367 e. The van der Waals surface area contributed by atoms with Crippen LogP contribution in [0.5, 0.6) is 0 Å². The Kier molecular flexibility index (Phi) is 2.22. The topological polar surface area (TPSA) is 52.0 Å².